The van der Waals surface area contributed by atoms with Gasteiger partial charge in [-0.15, -0.1) is 0 Å². The Balaban J connectivity index is 1.85. The fourth-order valence-corrected chi connectivity index (χ4v) is 1.79. The van der Waals surface area contributed by atoms with E-state index in [1.165, 1.54) is 0 Å². The molecule has 23 heavy (non-hydrogen) atoms. The van der Waals surface area contributed by atoms with Gasteiger partial charge in [-0.2, -0.15) is 10.2 Å². The topological polar surface area (TPSA) is 63.4 Å². The van der Waals surface area contributed by atoms with Crippen LogP contribution >= 0.6 is 0 Å². The molecule has 0 unspecified atom stereocenters. The van der Waals surface area contributed by atoms with E-state index in [4.69, 9.17) is 14.6 Å². The Morgan fingerprint density at radius 2 is 1.39 bits per heavy atom. The minimum Gasteiger partial charge on any atom is -0.497 e. The van der Waals surface area contributed by atoms with Crippen molar-refractivity contribution in [2.24, 2.45) is 10.2 Å². The molecule has 0 bridgehead atoms. The van der Waals surface area contributed by atoms with Crippen molar-refractivity contribution in [3.05, 3.63) is 59.7 Å². The molecule has 0 heterocycles. The zero-order valence-electron chi connectivity index (χ0n) is 13.1. The first-order valence-electron chi connectivity index (χ1n) is 7.36. The SMILES string of the molecule is COc1ccc(/C=N/N=C/c2ccc(OCCCO)cc2)cc1. The average molecular weight is 312 g/mol. The van der Waals surface area contributed by atoms with Crippen molar-refractivity contribution in [3.63, 3.8) is 0 Å². The predicted molar refractivity (Wildman–Crippen MR) is 91.8 cm³/mol. The lowest BCUT2D eigenvalue weighted by molar-refractivity contribution is 0.233. The van der Waals surface area contributed by atoms with Crippen LogP contribution in [0.3, 0.4) is 0 Å². The second-order valence-corrected chi connectivity index (χ2v) is 4.76. The van der Waals surface area contributed by atoms with Crippen LogP contribution in [0.5, 0.6) is 11.5 Å². The molecule has 0 fully saturated rings. The number of aliphatic hydroxyl groups excluding tert-OH is 1. The predicted octanol–water partition coefficient (Wildman–Crippen LogP) is 2.91. The number of hydrogen-bond acceptors (Lipinski definition) is 5. The van der Waals surface area contributed by atoms with Crippen LogP contribution in [0.25, 0.3) is 0 Å². The Kier molecular flexibility index (Phi) is 6.81. The quantitative estimate of drug-likeness (QED) is 0.463. The molecular formula is C18H20N2O3. The second-order valence-electron chi connectivity index (χ2n) is 4.76. The molecule has 0 saturated carbocycles. The highest BCUT2D eigenvalue weighted by atomic mass is 16.5. The van der Waals surface area contributed by atoms with E-state index in [0.29, 0.717) is 13.0 Å². The highest BCUT2D eigenvalue weighted by Gasteiger charge is 1.94. The summed E-state index contributed by atoms with van der Waals surface area (Å²) in [6.45, 7) is 0.646. The maximum atomic E-state index is 8.70. The Bertz CT molecular complexity index is 634. The van der Waals surface area contributed by atoms with Crippen molar-refractivity contribution in [1.29, 1.82) is 0 Å². The number of ether oxygens (including phenoxy) is 2. The molecule has 5 nitrogen and oxygen atoms in total. The number of hydrogen-bond donors (Lipinski definition) is 1. The van der Waals surface area contributed by atoms with Gasteiger partial charge >= 0.3 is 0 Å². The van der Waals surface area contributed by atoms with Gasteiger partial charge in [0.1, 0.15) is 11.5 Å². The summed E-state index contributed by atoms with van der Waals surface area (Å²) >= 11 is 0. The molecule has 0 atom stereocenters. The highest BCUT2D eigenvalue weighted by molar-refractivity contribution is 5.82. The van der Waals surface area contributed by atoms with E-state index in [1.807, 2.05) is 48.5 Å². The molecule has 0 spiro atoms. The van der Waals surface area contributed by atoms with Crippen molar-refractivity contribution < 1.29 is 14.6 Å². The van der Waals surface area contributed by atoms with E-state index in [-0.39, 0.29) is 6.61 Å². The Labute approximate surface area is 135 Å². The first kappa shape index (κ1) is 16.7. The van der Waals surface area contributed by atoms with Gasteiger partial charge in [-0.25, -0.2) is 0 Å². The van der Waals surface area contributed by atoms with Gasteiger partial charge in [0.25, 0.3) is 0 Å². The van der Waals surface area contributed by atoms with Crippen molar-refractivity contribution in [3.8, 4) is 11.5 Å². The highest BCUT2D eigenvalue weighted by Crippen LogP contribution is 2.12. The molecule has 0 aliphatic carbocycles. The first-order valence-corrected chi connectivity index (χ1v) is 7.36. The van der Waals surface area contributed by atoms with Crippen LogP contribution in [0, 0.1) is 0 Å². The Hall–Kier alpha value is -2.66. The van der Waals surface area contributed by atoms with Crippen molar-refractivity contribution >= 4 is 12.4 Å². The summed E-state index contributed by atoms with van der Waals surface area (Å²) in [6, 6.07) is 15.1. The minimum absolute atomic E-state index is 0.136. The second kappa shape index (κ2) is 9.38. The van der Waals surface area contributed by atoms with Gasteiger partial charge in [0.2, 0.25) is 0 Å². The molecule has 5 heteroatoms. The van der Waals surface area contributed by atoms with Crippen LogP contribution in [0.2, 0.25) is 0 Å². The lowest BCUT2D eigenvalue weighted by Crippen LogP contribution is -1.99. The number of methoxy groups -OCH3 is 1. The summed E-state index contributed by atoms with van der Waals surface area (Å²) in [5, 5.41) is 16.7. The lowest BCUT2D eigenvalue weighted by atomic mass is 10.2. The van der Waals surface area contributed by atoms with Crippen molar-refractivity contribution in [2.45, 2.75) is 6.42 Å². The van der Waals surface area contributed by atoms with Crippen LogP contribution in [0.1, 0.15) is 17.5 Å². The zero-order chi connectivity index (χ0) is 16.3. The number of benzene rings is 2. The third kappa shape index (κ3) is 5.92. The number of nitrogens with zero attached hydrogens (tertiary/aromatic N) is 2. The van der Waals surface area contributed by atoms with Crippen LogP contribution in [-0.4, -0.2) is 37.9 Å². The first-order chi connectivity index (χ1) is 11.3. The van der Waals surface area contributed by atoms with E-state index >= 15 is 0 Å². The van der Waals surface area contributed by atoms with E-state index in [0.717, 1.165) is 22.6 Å². The average Bonchev–Trinajstić information content (AvgIpc) is 2.61. The van der Waals surface area contributed by atoms with Crippen molar-refractivity contribution in [2.75, 3.05) is 20.3 Å². The zero-order valence-corrected chi connectivity index (χ0v) is 13.1. The van der Waals surface area contributed by atoms with Gasteiger partial charge in [0, 0.05) is 13.0 Å². The fourth-order valence-electron chi connectivity index (χ4n) is 1.79. The third-order valence-corrected chi connectivity index (χ3v) is 3.05. The summed E-state index contributed by atoms with van der Waals surface area (Å²) in [6.07, 6.45) is 3.99. The van der Waals surface area contributed by atoms with Crippen LogP contribution in [0.15, 0.2) is 58.7 Å². The van der Waals surface area contributed by atoms with Gasteiger partial charge < -0.3 is 14.6 Å². The minimum atomic E-state index is 0.136. The monoisotopic (exact) mass is 312 g/mol. The third-order valence-electron chi connectivity index (χ3n) is 3.05. The fraction of sp³-hybridized carbons (Fsp3) is 0.222. The molecule has 0 aliphatic rings. The molecule has 0 aromatic heterocycles. The van der Waals surface area contributed by atoms with Gasteiger partial charge in [-0.05, 0) is 59.7 Å². The largest absolute Gasteiger partial charge is 0.497 e. The molecule has 0 radical (unpaired) electrons. The number of aliphatic hydroxyl groups is 1. The molecule has 1 N–H and O–H groups in total. The lowest BCUT2D eigenvalue weighted by Gasteiger charge is -2.04. The summed E-state index contributed by atoms with van der Waals surface area (Å²) in [4.78, 5) is 0. The van der Waals surface area contributed by atoms with Crippen LogP contribution in [-0.2, 0) is 0 Å². The van der Waals surface area contributed by atoms with Gasteiger partial charge in [-0.1, -0.05) is 0 Å². The standard InChI is InChI=1S/C18H20N2O3/c1-22-17-7-3-15(4-8-17)13-19-20-14-16-5-9-18(10-6-16)23-12-2-11-21/h3-10,13-14,21H,2,11-12H2,1H3/b19-13+,20-14+. The van der Waals surface area contributed by atoms with E-state index in [9.17, 15) is 0 Å². The van der Waals surface area contributed by atoms with E-state index in [1.54, 1.807) is 19.5 Å². The van der Waals surface area contributed by atoms with Gasteiger partial charge in [0.15, 0.2) is 0 Å². The molecule has 0 saturated heterocycles. The molecule has 0 amide bonds. The van der Waals surface area contributed by atoms with Crippen LogP contribution in [0.4, 0.5) is 0 Å². The molecule has 2 aromatic rings. The molecule has 0 aliphatic heterocycles. The summed E-state index contributed by atoms with van der Waals surface area (Å²) in [5.41, 5.74) is 1.89. The maximum absolute atomic E-state index is 8.70. The molecule has 120 valence electrons. The Morgan fingerprint density at radius 1 is 0.870 bits per heavy atom. The van der Waals surface area contributed by atoms with Gasteiger partial charge in [0.05, 0.1) is 26.1 Å². The molecular weight excluding hydrogens is 292 g/mol. The molecule has 2 aromatic carbocycles. The normalized spacial score (nSPS) is 11.2. The number of rotatable bonds is 8. The van der Waals surface area contributed by atoms with E-state index < -0.39 is 0 Å². The van der Waals surface area contributed by atoms with E-state index in [2.05, 4.69) is 10.2 Å². The smallest absolute Gasteiger partial charge is 0.119 e. The van der Waals surface area contributed by atoms with Crippen molar-refractivity contribution in [1.82, 2.24) is 0 Å². The van der Waals surface area contributed by atoms with Crippen LogP contribution < -0.4 is 9.47 Å². The summed E-state index contributed by atoms with van der Waals surface area (Å²) < 4.78 is 10.6. The summed E-state index contributed by atoms with van der Waals surface area (Å²) in [7, 11) is 1.64. The maximum Gasteiger partial charge on any atom is 0.119 e. The summed E-state index contributed by atoms with van der Waals surface area (Å²) in [5.74, 6) is 1.59. The molecule has 2 rings (SSSR count). The Morgan fingerprint density at radius 3 is 1.87 bits per heavy atom. The van der Waals surface area contributed by atoms with Gasteiger partial charge in [-0.3, -0.25) is 0 Å².